The smallest absolute Gasteiger partial charge is 0.307 e. The lowest BCUT2D eigenvalue weighted by Gasteiger charge is -2.06. The standard InChI is InChI=1S/C22H15BrN2O4/c23-16-7-5-14(6-8-16)21(28)24-17-3-1-2-15(12-17)22-25-18-10-13(11-20(26)27)4-9-19(18)29-22/h1-10,12H,11H2,(H,24,28)(H,26,27). The Bertz CT molecular complexity index is 1220. The van der Waals surface area contributed by atoms with Gasteiger partial charge in [-0.1, -0.05) is 28.1 Å². The van der Waals surface area contributed by atoms with Crippen LogP contribution in [0.4, 0.5) is 5.69 Å². The van der Waals surface area contributed by atoms with E-state index in [0.29, 0.717) is 39.4 Å². The number of anilines is 1. The normalized spacial score (nSPS) is 10.8. The van der Waals surface area contributed by atoms with Crippen LogP contribution < -0.4 is 5.32 Å². The van der Waals surface area contributed by atoms with Crippen molar-refractivity contribution < 1.29 is 19.1 Å². The molecule has 4 rings (SSSR count). The topological polar surface area (TPSA) is 92.4 Å². The number of fused-ring (bicyclic) bond motifs is 1. The number of aliphatic carboxylic acids is 1. The van der Waals surface area contributed by atoms with Crippen LogP contribution in [0.25, 0.3) is 22.6 Å². The van der Waals surface area contributed by atoms with Crippen molar-refractivity contribution in [1.82, 2.24) is 4.98 Å². The van der Waals surface area contributed by atoms with E-state index in [-0.39, 0.29) is 12.3 Å². The summed E-state index contributed by atoms with van der Waals surface area (Å²) in [6.07, 6.45) is -0.0737. The predicted octanol–water partition coefficient (Wildman–Crippen LogP) is 5.14. The first kappa shape index (κ1) is 18.9. The number of nitrogens with one attached hydrogen (secondary N) is 1. The molecule has 0 aliphatic carbocycles. The second kappa shape index (κ2) is 7.89. The highest BCUT2D eigenvalue weighted by molar-refractivity contribution is 9.10. The molecule has 4 aromatic rings. The SMILES string of the molecule is O=C(O)Cc1ccc2oc(-c3cccc(NC(=O)c4ccc(Br)cc4)c3)nc2c1. The van der Waals surface area contributed by atoms with E-state index in [2.05, 4.69) is 26.2 Å². The van der Waals surface area contributed by atoms with Crippen LogP contribution in [0, 0.1) is 0 Å². The highest BCUT2D eigenvalue weighted by atomic mass is 79.9. The summed E-state index contributed by atoms with van der Waals surface area (Å²) < 4.78 is 6.70. The fourth-order valence-electron chi connectivity index (χ4n) is 2.92. The number of carbonyl (C=O) groups is 2. The fourth-order valence-corrected chi connectivity index (χ4v) is 3.18. The van der Waals surface area contributed by atoms with E-state index in [1.165, 1.54) is 0 Å². The van der Waals surface area contributed by atoms with Crippen molar-refractivity contribution in [2.24, 2.45) is 0 Å². The second-order valence-electron chi connectivity index (χ2n) is 6.43. The first-order valence-electron chi connectivity index (χ1n) is 8.76. The molecule has 0 unspecified atom stereocenters. The average molecular weight is 451 g/mol. The Balaban J connectivity index is 1.58. The van der Waals surface area contributed by atoms with Gasteiger partial charge in [0.2, 0.25) is 5.89 Å². The van der Waals surface area contributed by atoms with Gasteiger partial charge in [-0.25, -0.2) is 4.98 Å². The maximum absolute atomic E-state index is 12.4. The van der Waals surface area contributed by atoms with Crippen molar-refractivity contribution >= 4 is 44.6 Å². The number of carbonyl (C=O) groups excluding carboxylic acids is 1. The average Bonchev–Trinajstić information content (AvgIpc) is 3.11. The number of carboxylic acids is 1. The minimum absolute atomic E-state index is 0.0737. The van der Waals surface area contributed by atoms with Gasteiger partial charge in [0.25, 0.3) is 5.91 Å². The van der Waals surface area contributed by atoms with Gasteiger partial charge in [0, 0.05) is 21.3 Å². The van der Waals surface area contributed by atoms with Crippen LogP contribution in [0.15, 0.2) is 75.6 Å². The maximum atomic E-state index is 12.4. The number of hydrogen-bond acceptors (Lipinski definition) is 4. The monoisotopic (exact) mass is 450 g/mol. The number of aromatic nitrogens is 1. The third-order valence-electron chi connectivity index (χ3n) is 4.28. The lowest BCUT2D eigenvalue weighted by atomic mass is 10.1. The summed E-state index contributed by atoms with van der Waals surface area (Å²) in [4.78, 5) is 27.8. The number of benzene rings is 3. The van der Waals surface area contributed by atoms with Gasteiger partial charge in [0.1, 0.15) is 5.52 Å². The zero-order valence-corrected chi connectivity index (χ0v) is 16.6. The molecule has 2 N–H and O–H groups in total. The van der Waals surface area contributed by atoms with Crippen LogP contribution >= 0.6 is 15.9 Å². The minimum Gasteiger partial charge on any atom is -0.481 e. The number of amides is 1. The molecule has 0 bridgehead atoms. The third kappa shape index (κ3) is 4.35. The molecular formula is C22H15BrN2O4. The summed E-state index contributed by atoms with van der Waals surface area (Å²) in [5.74, 6) is -0.722. The minimum atomic E-state index is -0.901. The van der Waals surface area contributed by atoms with Crippen molar-refractivity contribution in [2.45, 2.75) is 6.42 Å². The first-order chi connectivity index (χ1) is 14.0. The second-order valence-corrected chi connectivity index (χ2v) is 7.35. The van der Waals surface area contributed by atoms with Crippen LogP contribution in [0.3, 0.4) is 0 Å². The van der Waals surface area contributed by atoms with Gasteiger partial charge in [-0.15, -0.1) is 0 Å². The van der Waals surface area contributed by atoms with Crippen molar-refractivity contribution in [3.63, 3.8) is 0 Å². The Kier molecular flexibility index (Phi) is 5.14. The zero-order chi connectivity index (χ0) is 20.4. The Hall–Kier alpha value is -3.45. The van der Waals surface area contributed by atoms with Crippen LogP contribution in [0.5, 0.6) is 0 Å². The van der Waals surface area contributed by atoms with E-state index in [0.717, 1.165) is 4.47 Å². The van der Waals surface area contributed by atoms with Crippen LogP contribution in [0.1, 0.15) is 15.9 Å². The van der Waals surface area contributed by atoms with Crippen molar-refractivity contribution in [3.05, 3.63) is 82.3 Å². The lowest BCUT2D eigenvalue weighted by molar-refractivity contribution is -0.136. The van der Waals surface area contributed by atoms with E-state index in [1.807, 2.05) is 18.2 Å². The van der Waals surface area contributed by atoms with E-state index in [1.54, 1.807) is 48.5 Å². The van der Waals surface area contributed by atoms with Crippen LogP contribution in [0.2, 0.25) is 0 Å². The Morgan fingerprint density at radius 2 is 1.83 bits per heavy atom. The maximum Gasteiger partial charge on any atom is 0.307 e. The quantitative estimate of drug-likeness (QED) is 0.439. The number of carboxylic acid groups (broad SMARTS) is 1. The summed E-state index contributed by atoms with van der Waals surface area (Å²) in [5, 5.41) is 11.8. The van der Waals surface area contributed by atoms with Gasteiger partial charge in [-0.3, -0.25) is 9.59 Å². The number of oxazole rings is 1. The van der Waals surface area contributed by atoms with Gasteiger partial charge in [-0.2, -0.15) is 0 Å². The summed E-state index contributed by atoms with van der Waals surface area (Å²) in [7, 11) is 0. The van der Waals surface area contributed by atoms with Gasteiger partial charge in [0.15, 0.2) is 5.58 Å². The van der Waals surface area contributed by atoms with Gasteiger partial charge in [-0.05, 0) is 60.2 Å². The highest BCUT2D eigenvalue weighted by Crippen LogP contribution is 2.27. The largest absolute Gasteiger partial charge is 0.481 e. The third-order valence-corrected chi connectivity index (χ3v) is 4.81. The molecule has 1 amide bonds. The van der Waals surface area contributed by atoms with E-state index in [4.69, 9.17) is 9.52 Å². The molecule has 6 nitrogen and oxygen atoms in total. The molecule has 1 aromatic heterocycles. The van der Waals surface area contributed by atoms with Gasteiger partial charge < -0.3 is 14.8 Å². The molecular weight excluding hydrogens is 436 g/mol. The molecule has 0 aliphatic heterocycles. The molecule has 3 aromatic carbocycles. The Morgan fingerprint density at radius 3 is 2.59 bits per heavy atom. The highest BCUT2D eigenvalue weighted by Gasteiger charge is 2.12. The first-order valence-corrected chi connectivity index (χ1v) is 9.56. The summed E-state index contributed by atoms with van der Waals surface area (Å²) in [6.45, 7) is 0. The molecule has 1 heterocycles. The molecule has 7 heteroatoms. The number of halogens is 1. The van der Waals surface area contributed by atoms with Crippen LogP contribution in [-0.4, -0.2) is 22.0 Å². The number of rotatable bonds is 5. The summed E-state index contributed by atoms with van der Waals surface area (Å²) >= 11 is 3.35. The van der Waals surface area contributed by atoms with Gasteiger partial charge in [0.05, 0.1) is 6.42 Å². The van der Waals surface area contributed by atoms with E-state index < -0.39 is 5.97 Å². The molecule has 144 valence electrons. The molecule has 0 saturated heterocycles. The molecule has 0 atom stereocenters. The molecule has 0 radical (unpaired) electrons. The summed E-state index contributed by atoms with van der Waals surface area (Å²) in [6, 6.07) is 19.4. The molecule has 0 spiro atoms. The Labute approximate surface area is 174 Å². The Morgan fingerprint density at radius 1 is 1.03 bits per heavy atom. The summed E-state index contributed by atoms with van der Waals surface area (Å²) in [5.41, 5.74) is 3.67. The molecule has 0 saturated carbocycles. The number of hydrogen-bond donors (Lipinski definition) is 2. The van der Waals surface area contributed by atoms with Crippen molar-refractivity contribution in [2.75, 3.05) is 5.32 Å². The lowest BCUT2D eigenvalue weighted by Crippen LogP contribution is -2.11. The molecule has 0 fully saturated rings. The van der Waals surface area contributed by atoms with E-state index >= 15 is 0 Å². The predicted molar refractivity (Wildman–Crippen MR) is 113 cm³/mol. The molecule has 29 heavy (non-hydrogen) atoms. The van der Waals surface area contributed by atoms with Crippen molar-refractivity contribution in [1.29, 1.82) is 0 Å². The fraction of sp³-hybridized carbons (Fsp3) is 0.0455. The van der Waals surface area contributed by atoms with Crippen LogP contribution in [-0.2, 0) is 11.2 Å². The number of nitrogens with zero attached hydrogens (tertiary/aromatic N) is 1. The van der Waals surface area contributed by atoms with Gasteiger partial charge >= 0.3 is 5.97 Å². The van der Waals surface area contributed by atoms with Crippen molar-refractivity contribution in [3.8, 4) is 11.5 Å². The van der Waals surface area contributed by atoms with E-state index in [9.17, 15) is 9.59 Å². The zero-order valence-electron chi connectivity index (χ0n) is 15.1. The molecule has 0 aliphatic rings.